The average Bonchev–Trinajstić information content (AvgIpc) is 1.89. The summed E-state index contributed by atoms with van der Waals surface area (Å²) in [5.41, 5.74) is 0. The van der Waals surface area contributed by atoms with Crippen molar-refractivity contribution in [1.29, 1.82) is 0 Å². The minimum atomic E-state index is -0.600. The van der Waals surface area contributed by atoms with Crippen LogP contribution in [0.4, 0.5) is 0 Å². The predicted molar refractivity (Wildman–Crippen MR) is 37.6 cm³/mol. The number of unbranched alkanes of at least 4 members (excludes halogenated alkanes) is 1. The standard InChI is InChI=1S/C6H14O3.H2O/c7-4-2-1-3-6(9)5-8;/h6-9H,1-5H2;1H2. The molecule has 64 valence electrons. The third-order valence-corrected chi connectivity index (χ3v) is 1.16. The highest BCUT2D eigenvalue weighted by Gasteiger charge is 1.99. The molecule has 0 aromatic heterocycles. The van der Waals surface area contributed by atoms with Crippen molar-refractivity contribution < 1.29 is 20.8 Å². The molecule has 0 aliphatic heterocycles. The van der Waals surface area contributed by atoms with Crippen LogP contribution in [0.15, 0.2) is 0 Å². The van der Waals surface area contributed by atoms with Gasteiger partial charge in [0.15, 0.2) is 0 Å². The van der Waals surface area contributed by atoms with Crippen LogP contribution in [-0.2, 0) is 0 Å². The van der Waals surface area contributed by atoms with Gasteiger partial charge in [-0.15, -0.1) is 0 Å². The van der Waals surface area contributed by atoms with E-state index in [1.54, 1.807) is 0 Å². The Balaban J connectivity index is 0. The van der Waals surface area contributed by atoms with Gasteiger partial charge in [0.25, 0.3) is 0 Å². The van der Waals surface area contributed by atoms with Gasteiger partial charge in [-0.25, -0.2) is 0 Å². The van der Waals surface area contributed by atoms with E-state index in [-0.39, 0.29) is 18.7 Å². The Bertz CT molecular complexity index is 57.7. The highest BCUT2D eigenvalue weighted by atomic mass is 16.3. The van der Waals surface area contributed by atoms with Gasteiger partial charge >= 0.3 is 0 Å². The van der Waals surface area contributed by atoms with Crippen molar-refractivity contribution in [3.05, 3.63) is 0 Å². The fourth-order valence-corrected chi connectivity index (χ4v) is 0.583. The number of hydrogen-bond acceptors (Lipinski definition) is 3. The first kappa shape index (κ1) is 12.5. The second kappa shape index (κ2) is 8.84. The van der Waals surface area contributed by atoms with E-state index in [1.165, 1.54) is 0 Å². The molecule has 0 fully saturated rings. The van der Waals surface area contributed by atoms with Crippen LogP contribution in [0, 0.1) is 0 Å². The molecule has 5 N–H and O–H groups in total. The van der Waals surface area contributed by atoms with Crippen LogP contribution in [-0.4, -0.2) is 40.1 Å². The van der Waals surface area contributed by atoms with Crippen molar-refractivity contribution in [3.63, 3.8) is 0 Å². The molecule has 1 unspecified atom stereocenters. The van der Waals surface area contributed by atoms with Gasteiger partial charge in [-0.2, -0.15) is 0 Å². The molecule has 0 aromatic carbocycles. The number of rotatable bonds is 5. The Hall–Kier alpha value is -0.160. The van der Waals surface area contributed by atoms with Crippen LogP contribution in [0.3, 0.4) is 0 Å². The number of aliphatic hydroxyl groups is 3. The Kier molecular flexibility index (Phi) is 11.1. The van der Waals surface area contributed by atoms with E-state index in [4.69, 9.17) is 15.3 Å². The van der Waals surface area contributed by atoms with E-state index in [0.29, 0.717) is 12.8 Å². The van der Waals surface area contributed by atoms with Gasteiger partial charge in [-0.3, -0.25) is 0 Å². The molecule has 0 heterocycles. The second-order valence-corrected chi connectivity index (χ2v) is 2.06. The Morgan fingerprint density at radius 1 is 1.10 bits per heavy atom. The number of hydrogen-bond donors (Lipinski definition) is 3. The molecular weight excluding hydrogens is 136 g/mol. The molecule has 0 spiro atoms. The lowest BCUT2D eigenvalue weighted by molar-refractivity contribution is 0.0848. The van der Waals surface area contributed by atoms with Gasteiger partial charge in [0.1, 0.15) is 0 Å². The third-order valence-electron chi connectivity index (χ3n) is 1.16. The summed E-state index contributed by atoms with van der Waals surface area (Å²) in [5, 5.41) is 25.4. The zero-order chi connectivity index (χ0) is 7.11. The largest absolute Gasteiger partial charge is 0.412 e. The van der Waals surface area contributed by atoms with Crippen molar-refractivity contribution in [1.82, 2.24) is 0 Å². The first-order chi connectivity index (χ1) is 4.31. The lowest BCUT2D eigenvalue weighted by Gasteiger charge is -2.03. The minimum absolute atomic E-state index is 0. The van der Waals surface area contributed by atoms with E-state index in [2.05, 4.69) is 0 Å². The summed E-state index contributed by atoms with van der Waals surface area (Å²) in [5.74, 6) is 0. The molecule has 0 saturated carbocycles. The molecule has 4 heteroatoms. The van der Waals surface area contributed by atoms with E-state index >= 15 is 0 Å². The van der Waals surface area contributed by atoms with Crippen LogP contribution in [0.2, 0.25) is 0 Å². The van der Waals surface area contributed by atoms with Gasteiger partial charge in [0, 0.05) is 6.61 Å². The lowest BCUT2D eigenvalue weighted by atomic mass is 10.2. The first-order valence-electron chi connectivity index (χ1n) is 3.21. The minimum Gasteiger partial charge on any atom is -0.412 e. The summed E-state index contributed by atoms with van der Waals surface area (Å²) in [4.78, 5) is 0. The lowest BCUT2D eigenvalue weighted by Crippen LogP contribution is -2.11. The first-order valence-corrected chi connectivity index (χ1v) is 3.21. The molecule has 0 rings (SSSR count). The van der Waals surface area contributed by atoms with Crippen LogP contribution < -0.4 is 0 Å². The topological polar surface area (TPSA) is 92.2 Å². The molecule has 0 aliphatic carbocycles. The highest BCUT2D eigenvalue weighted by molar-refractivity contribution is 4.51. The molecule has 0 radical (unpaired) electrons. The molecule has 0 saturated heterocycles. The average molecular weight is 152 g/mol. The van der Waals surface area contributed by atoms with E-state index < -0.39 is 6.10 Å². The van der Waals surface area contributed by atoms with Crippen molar-refractivity contribution in [3.8, 4) is 0 Å². The quantitative estimate of drug-likeness (QED) is 0.426. The van der Waals surface area contributed by atoms with Gasteiger partial charge in [-0.05, 0) is 19.3 Å². The van der Waals surface area contributed by atoms with Gasteiger partial charge in [0.05, 0.1) is 12.7 Å². The van der Waals surface area contributed by atoms with E-state index in [1.807, 2.05) is 0 Å². The fraction of sp³-hybridized carbons (Fsp3) is 1.00. The van der Waals surface area contributed by atoms with E-state index in [0.717, 1.165) is 6.42 Å². The summed E-state index contributed by atoms with van der Waals surface area (Å²) in [6.45, 7) is -0.0103. The SMILES string of the molecule is O.OCCCCC(O)CO. The molecule has 0 aliphatic rings. The maximum Gasteiger partial charge on any atom is 0.0771 e. The summed E-state index contributed by atoms with van der Waals surface area (Å²) in [6.07, 6.45) is 1.46. The zero-order valence-corrected chi connectivity index (χ0v) is 5.95. The molecule has 0 amide bonds. The molecular formula is C6H16O4. The molecule has 0 bridgehead atoms. The monoisotopic (exact) mass is 152 g/mol. The van der Waals surface area contributed by atoms with Crippen LogP contribution in [0.25, 0.3) is 0 Å². The Labute approximate surface area is 60.4 Å². The maximum absolute atomic E-state index is 8.75. The maximum atomic E-state index is 8.75. The highest BCUT2D eigenvalue weighted by Crippen LogP contribution is 1.98. The van der Waals surface area contributed by atoms with Crippen molar-refractivity contribution in [2.45, 2.75) is 25.4 Å². The summed E-state index contributed by atoms with van der Waals surface area (Å²) < 4.78 is 0. The second-order valence-electron chi connectivity index (χ2n) is 2.06. The number of aliphatic hydroxyl groups excluding tert-OH is 3. The van der Waals surface area contributed by atoms with E-state index in [9.17, 15) is 0 Å². The molecule has 0 aromatic rings. The van der Waals surface area contributed by atoms with Crippen molar-refractivity contribution in [2.75, 3.05) is 13.2 Å². The molecule has 10 heavy (non-hydrogen) atoms. The molecule has 4 nitrogen and oxygen atoms in total. The fourth-order valence-electron chi connectivity index (χ4n) is 0.583. The predicted octanol–water partition coefficient (Wildman–Crippen LogP) is -1.32. The van der Waals surface area contributed by atoms with Gasteiger partial charge < -0.3 is 20.8 Å². The zero-order valence-electron chi connectivity index (χ0n) is 5.95. The van der Waals surface area contributed by atoms with Gasteiger partial charge in [-0.1, -0.05) is 0 Å². The normalized spacial score (nSPS) is 12.3. The van der Waals surface area contributed by atoms with Crippen LogP contribution in [0.1, 0.15) is 19.3 Å². The summed E-state index contributed by atoms with van der Waals surface area (Å²) in [7, 11) is 0. The third kappa shape index (κ3) is 7.84. The van der Waals surface area contributed by atoms with Crippen LogP contribution >= 0.6 is 0 Å². The molecule has 1 atom stereocenters. The Morgan fingerprint density at radius 3 is 2.10 bits per heavy atom. The van der Waals surface area contributed by atoms with Crippen molar-refractivity contribution >= 4 is 0 Å². The summed E-state index contributed by atoms with van der Waals surface area (Å²) >= 11 is 0. The van der Waals surface area contributed by atoms with Gasteiger partial charge in [0.2, 0.25) is 0 Å². The van der Waals surface area contributed by atoms with Crippen LogP contribution in [0.5, 0.6) is 0 Å². The summed E-state index contributed by atoms with van der Waals surface area (Å²) in [6, 6.07) is 0. The van der Waals surface area contributed by atoms with Crippen molar-refractivity contribution in [2.24, 2.45) is 0 Å². The Morgan fingerprint density at radius 2 is 1.70 bits per heavy atom. The smallest absolute Gasteiger partial charge is 0.0771 e.